The van der Waals surface area contributed by atoms with Gasteiger partial charge in [0.05, 0.1) is 5.92 Å². The summed E-state index contributed by atoms with van der Waals surface area (Å²) >= 11 is 1.72. The molecular formula is C14H26N2O3S. The van der Waals surface area contributed by atoms with Gasteiger partial charge in [0.15, 0.2) is 0 Å². The average Bonchev–Trinajstić information content (AvgIpc) is 2.74. The van der Waals surface area contributed by atoms with Gasteiger partial charge in [0.25, 0.3) is 0 Å². The molecule has 1 unspecified atom stereocenters. The summed E-state index contributed by atoms with van der Waals surface area (Å²) in [5.41, 5.74) is 0. The zero-order valence-corrected chi connectivity index (χ0v) is 13.2. The molecule has 2 amide bonds. The van der Waals surface area contributed by atoms with Crippen LogP contribution in [0.1, 0.15) is 26.7 Å². The Morgan fingerprint density at radius 3 is 2.90 bits per heavy atom. The van der Waals surface area contributed by atoms with Crippen molar-refractivity contribution < 1.29 is 14.7 Å². The summed E-state index contributed by atoms with van der Waals surface area (Å²) in [4.78, 5) is 25.6. The second-order valence-corrected chi connectivity index (χ2v) is 6.80. The molecule has 0 aromatic carbocycles. The summed E-state index contributed by atoms with van der Waals surface area (Å²) in [5, 5.41) is 11.5. The van der Waals surface area contributed by atoms with Crippen LogP contribution in [0.3, 0.4) is 0 Å². The molecule has 2 N–H and O–H groups in total. The van der Waals surface area contributed by atoms with E-state index in [1.807, 2.05) is 0 Å². The molecule has 1 saturated heterocycles. The summed E-state index contributed by atoms with van der Waals surface area (Å²) < 4.78 is 0. The van der Waals surface area contributed by atoms with Crippen molar-refractivity contribution in [3.8, 4) is 0 Å². The van der Waals surface area contributed by atoms with Crippen LogP contribution in [-0.4, -0.2) is 59.6 Å². The third kappa shape index (κ3) is 6.13. The quantitative estimate of drug-likeness (QED) is 0.616. The third-order valence-electron chi connectivity index (χ3n) is 3.16. The summed E-state index contributed by atoms with van der Waals surface area (Å²) in [6.45, 7) is 6.29. The highest BCUT2D eigenvalue weighted by molar-refractivity contribution is 7.99. The molecule has 1 rings (SSSR count). The average molecular weight is 302 g/mol. The van der Waals surface area contributed by atoms with E-state index >= 15 is 0 Å². The number of hydrogen-bond acceptors (Lipinski definition) is 4. The Balaban J connectivity index is 2.19. The smallest absolute Gasteiger partial charge is 0.225 e. The van der Waals surface area contributed by atoms with Gasteiger partial charge in [-0.3, -0.25) is 9.59 Å². The molecule has 6 heteroatoms. The van der Waals surface area contributed by atoms with Gasteiger partial charge in [-0.2, -0.15) is 11.8 Å². The normalized spacial score (nSPS) is 18.9. The SMILES string of the molecule is CC(C)CN1CC(C(=O)NCCSCCCO)CC1=O. The number of hydrogen-bond donors (Lipinski definition) is 2. The molecule has 5 nitrogen and oxygen atoms in total. The monoisotopic (exact) mass is 302 g/mol. The Morgan fingerprint density at radius 2 is 2.25 bits per heavy atom. The fourth-order valence-corrected chi connectivity index (χ4v) is 3.01. The molecule has 0 spiro atoms. The van der Waals surface area contributed by atoms with Crippen molar-refractivity contribution in [2.24, 2.45) is 11.8 Å². The van der Waals surface area contributed by atoms with Gasteiger partial charge in [-0.25, -0.2) is 0 Å². The molecule has 0 aromatic heterocycles. The van der Waals surface area contributed by atoms with Crippen LogP contribution in [-0.2, 0) is 9.59 Å². The lowest BCUT2D eigenvalue weighted by molar-refractivity contribution is -0.129. The molecule has 116 valence electrons. The maximum Gasteiger partial charge on any atom is 0.225 e. The van der Waals surface area contributed by atoms with Gasteiger partial charge in [-0.1, -0.05) is 13.8 Å². The van der Waals surface area contributed by atoms with Crippen LogP contribution in [0.15, 0.2) is 0 Å². The Bertz CT molecular complexity index is 324. The Morgan fingerprint density at radius 1 is 1.50 bits per heavy atom. The molecule has 1 atom stereocenters. The van der Waals surface area contributed by atoms with Crippen molar-refractivity contribution in [2.75, 3.05) is 37.7 Å². The number of likely N-dealkylation sites (tertiary alicyclic amines) is 1. The highest BCUT2D eigenvalue weighted by atomic mass is 32.2. The van der Waals surface area contributed by atoms with Crippen molar-refractivity contribution in [3.05, 3.63) is 0 Å². The highest BCUT2D eigenvalue weighted by Crippen LogP contribution is 2.19. The summed E-state index contributed by atoms with van der Waals surface area (Å²) in [6, 6.07) is 0. The first-order valence-electron chi connectivity index (χ1n) is 7.28. The van der Waals surface area contributed by atoms with E-state index in [9.17, 15) is 9.59 Å². The van der Waals surface area contributed by atoms with Crippen LogP contribution in [0, 0.1) is 11.8 Å². The van der Waals surface area contributed by atoms with Gasteiger partial charge >= 0.3 is 0 Å². The Hall–Kier alpha value is -0.750. The number of aliphatic hydroxyl groups excluding tert-OH is 1. The lowest BCUT2D eigenvalue weighted by Gasteiger charge is -2.18. The van der Waals surface area contributed by atoms with Gasteiger partial charge in [0.1, 0.15) is 0 Å². The van der Waals surface area contributed by atoms with Crippen LogP contribution in [0.25, 0.3) is 0 Å². The predicted molar refractivity (Wildman–Crippen MR) is 81.6 cm³/mol. The van der Waals surface area contributed by atoms with E-state index in [1.165, 1.54) is 0 Å². The number of thioether (sulfide) groups is 1. The van der Waals surface area contributed by atoms with Crippen LogP contribution in [0.4, 0.5) is 0 Å². The summed E-state index contributed by atoms with van der Waals surface area (Å²) in [5.74, 6) is 2.09. The standard InChI is InChI=1S/C14H26N2O3S/c1-11(2)9-16-10-12(8-13(16)18)14(19)15-4-7-20-6-3-5-17/h11-12,17H,3-10H2,1-2H3,(H,15,19). The van der Waals surface area contributed by atoms with Crippen LogP contribution < -0.4 is 5.32 Å². The zero-order valence-electron chi connectivity index (χ0n) is 12.4. The lowest BCUT2D eigenvalue weighted by atomic mass is 10.1. The first-order chi connectivity index (χ1) is 9.54. The van der Waals surface area contributed by atoms with E-state index in [2.05, 4.69) is 19.2 Å². The van der Waals surface area contributed by atoms with Gasteiger partial charge in [0.2, 0.25) is 11.8 Å². The van der Waals surface area contributed by atoms with Crippen LogP contribution in [0.5, 0.6) is 0 Å². The molecular weight excluding hydrogens is 276 g/mol. The maximum absolute atomic E-state index is 12.0. The minimum Gasteiger partial charge on any atom is -0.396 e. The fourth-order valence-electron chi connectivity index (χ4n) is 2.22. The van der Waals surface area contributed by atoms with Crippen molar-refractivity contribution in [1.29, 1.82) is 0 Å². The van der Waals surface area contributed by atoms with Crippen LogP contribution >= 0.6 is 11.8 Å². The minimum absolute atomic E-state index is 0.00707. The predicted octanol–water partition coefficient (Wildman–Crippen LogP) is 0.723. The van der Waals surface area contributed by atoms with Crippen LogP contribution in [0.2, 0.25) is 0 Å². The lowest BCUT2D eigenvalue weighted by Crippen LogP contribution is -2.35. The first-order valence-corrected chi connectivity index (χ1v) is 8.44. The van der Waals surface area contributed by atoms with Crippen molar-refractivity contribution in [2.45, 2.75) is 26.7 Å². The molecule has 0 aromatic rings. The molecule has 1 fully saturated rings. The number of amides is 2. The number of carbonyl (C=O) groups is 2. The topological polar surface area (TPSA) is 69.6 Å². The van der Waals surface area contributed by atoms with Gasteiger partial charge in [0, 0.05) is 38.4 Å². The molecule has 0 saturated carbocycles. The molecule has 0 aliphatic carbocycles. The van der Waals surface area contributed by atoms with Crippen molar-refractivity contribution in [1.82, 2.24) is 10.2 Å². The number of rotatable bonds is 9. The first kappa shape index (κ1) is 17.3. The van der Waals surface area contributed by atoms with E-state index in [1.54, 1.807) is 16.7 Å². The minimum atomic E-state index is -0.191. The van der Waals surface area contributed by atoms with Crippen molar-refractivity contribution in [3.63, 3.8) is 0 Å². The number of aliphatic hydroxyl groups is 1. The summed E-state index contributed by atoms with van der Waals surface area (Å²) in [6.07, 6.45) is 1.14. The fraction of sp³-hybridized carbons (Fsp3) is 0.857. The number of carbonyl (C=O) groups excluding carboxylic acids is 2. The van der Waals surface area contributed by atoms with Crippen molar-refractivity contribution >= 4 is 23.6 Å². The van der Waals surface area contributed by atoms with E-state index in [-0.39, 0.29) is 24.3 Å². The highest BCUT2D eigenvalue weighted by Gasteiger charge is 2.34. The van der Waals surface area contributed by atoms with Gasteiger partial charge in [-0.15, -0.1) is 0 Å². The molecule has 1 aliphatic rings. The third-order valence-corrected chi connectivity index (χ3v) is 4.23. The zero-order chi connectivity index (χ0) is 15.0. The van der Waals surface area contributed by atoms with E-state index in [0.717, 1.165) is 24.5 Å². The largest absolute Gasteiger partial charge is 0.396 e. The molecule has 20 heavy (non-hydrogen) atoms. The molecule has 1 aliphatic heterocycles. The van der Waals surface area contributed by atoms with E-state index in [0.29, 0.717) is 25.4 Å². The Labute approximate surface area is 125 Å². The van der Waals surface area contributed by atoms with E-state index in [4.69, 9.17) is 5.11 Å². The maximum atomic E-state index is 12.0. The summed E-state index contributed by atoms with van der Waals surface area (Å²) in [7, 11) is 0. The molecule has 0 radical (unpaired) electrons. The molecule has 1 heterocycles. The number of nitrogens with zero attached hydrogens (tertiary/aromatic N) is 1. The number of nitrogens with one attached hydrogen (secondary N) is 1. The van der Waals surface area contributed by atoms with Gasteiger partial charge in [-0.05, 0) is 18.1 Å². The Kier molecular flexibility index (Phi) is 7.99. The second kappa shape index (κ2) is 9.23. The van der Waals surface area contributed by atoms with Gasteiger partial charge < -0.3 is 15.3 Å². The molecule has 0 bridgehead atoms. The van der Waals surface area contributed by atoms with E-state index < -0.39 is 0 Å². The second-order valence-electron chi connectivity index (χ2n) is 5.57.